The molecule has 0 bridgehead atoms. The van der Waals surface area contributed by atoms with Gasteiger partial charge in [0.15, 0.2) is 5.92 Å². The van der Waals surface area contributed by atoms with Crippen molar-refractivity contribution >= 4 is 21.6 Å². The van der Waals surface area contributed by atoms with E-state index in [4.69, 9.17) is 10.00 Å². The molecule has 0 N–H and O–H groups in total. The van der Waals surface area contributed by atoms with Crippen LogP contribution in [0.4, 0.5) is 18.9 Å². The van der Waals surface area contributed by atoms with E-state index in [1.807, 2.05) is 0 Å². The zero-order valence-corrected chi connectivity index (χ0v) is 10.7. The highest BCUT2D eigenvalue weighted by Crippen LogP contribution is 2.35. The zero-order chi connectivity index (χ0) is 14.6. The maximum Gasteiger partial charge on any atom is 0.407 e. The van der Waals surface area contributed by atoms with Crippen molar-refractivity contribution in [2.75, 3.05) is 6.61 Å². The molecule has 0 aliphatic carbocycles. The molecule has 0 aliphatic rings. The molecule has 0 heterocycles. The Bertz CT molecular complexity index is 528. The Labute approximate surface area is 113 Å². The number of nitro benzene ring substituents is 1. The summed E-state index contributed by atoms with van der Waals surface area (Å²) < 4.78 is 41.7. The number of nitriles is 1. The molecule has 1 unspecified atom stereocenters. The van der Waals surface area contributed by atoms with E-state index in [0.29, 0.717) is 0 Å². The first-order valence-corrected chi connectivity index (χ1v) is 5.58. The summed E-state index contributed by atoms with van der Waals surface area (Å²) in [5, 5.41) is 19.0. The molecule has 0 spiro atoms. The van der Waals surface area contributed by atoms with Gasteiger partial charge in [0.1, 0.15) is 16.8 Å². The zero-order valence-electron chi connectivity index (χ0n) is 9.15. The van der Waals surface area contributed by atoms with Gasteiger partial charge in [0, 0.05) is 6.07 Å². The standard InChI is InChI=1S/C10H6BrF3N2O3/c11-9-7(16(17)18)2-1-3-8(9)19-5-6(4-15)10(12,13)14/h1-3,6H,5H2. The van der Waals surface area contributed by atoms with Crippen molar-refractivity contribution in [3.05, 3.63) is 32.8 Å². The number of nitrogens with zero attached hydrogens (tertiary/aromatic N) is 2. The molecule has 1 aromatic rings. The number of hydrogen-bond donors (Lipinski definition) is 0. The number of rotatable bonds is 4. The smallest absolute Gasteiger partial charge is 0.407 e. The maximum absolute atomic E-state index is 12.3. The fourth-order valence-corrected chi connectivity index (χ4v) is 1.65. The summed E-state index contributed by atoms with van der Waals surface area (Å²) in [6, 6.07) is 4.78. The van der Waals surface area contributed by atoms with Crippen LogP contribution in [0.2, 0.25) is 0 Å². The van der Waals surface area contributed by atoms with Crippen molar-refractivity contribution in [3.8, 4) is 11.8 Å². The molecular weight excluding hydrogens is 333 g/mol. The van der Waals surface area contributed by atoms with Crippen molar-refractivity contribution in [2.45, 2.75) is 6.18 Å². The lowest BCUT2D eigenvalue weighted by Gasteiger charge is -2.14. The Kier molecular flexibility index (Phi) is 4.72. The first kappa shape index (κ1) is 15.2. The Morgan fingerprint density at radius 3 is 2.63 bits per heavy atom. The lowest BCUT2D eigenvalue weighted by Crippen LogP contribution is -2.27. The van der Waals surface area contributed by atoms with E-state index in [9.17, 15) is 23.3 Å². The van der Waals surface area contributed by atoms with E-state index in [-0.39, 0.29) is 15.9 Å². The minimum absolute atomic E-state index is 0.0705. The molecule has 5 nitrogen and oxygen atoms in total. The summed E-state index contributed by atoms with van der Waals surface area (Å²) in [5.41, 5.74) is -0.335. The molecular formula is C10H6BrF3N2O3. The van der Waals surface area contributed by atoms with Crippen molar-refractivity contribution in [3.63, 3.8) is 0 Å². The van der Waals surface area contributed by atoms with Crippen LogP contribution in [0.15, 0.2) is 22.7 Å². The SMILES string of the molecule is N#CC(COc1cccc([N+](=O)[O-])c1Br)C(F)(F)F. The summed E-state index contributed by atoms with van der Waals surface area (Å²) in [6.07, 6.45) is -4.71. The molecule has 9 heteroatoms. The number of benzene rings is 1. The van der Waals surface area contributed by atoms with E-state index in [1.165, 1.54) is 18.2 Å². The fraction of sp³-hybridized carbons (Fsp3) is 0.300. The monoisotopic (exact) mass is 338 g/mol. The molecule has 1 rings (SSSR count). The molecule has 0 aromatic heterocycles. The summed E-state index contributed by atoms with van der Waals surface area (Å²) in [6.45, 7) is -0.931. The van der Waals surface area contributed by atoms with Crippen LogP contribution in [0.1, 0.15) is 0 Å². The van der Waals surface area contributed by atoms with E-state index in [1.54, 1.807) is 0 Å². The minimum Gasteiger partial charge on any atom is -0.490 e. The highest BCUT2D eigenvalue weighted by molar-refractivity contribution is 9.10. The molecule has 102 valence electrons. The van der Waals surface area contributed by atoms with Gasteiger partial charge in [-0.1, -0.05) is 6.07 Å². The molecule has 0 saturated heterocycles. The van der Waals surface area contributed by atoms with Gasteiger partial charge in [0.2, 0.25) is 0 Å². The number of halogens is 4. The Balaban J connectivity index is 2.88. The van der Waals surface area contributed by atoms with Crippen molar-refractivity contribution < 1.29 is 22.8 Å². The van der Waals surface area contributed by atoms with Crippen LogP contribution >= 0.6 is 15.9 Å². The highest BCUT2D eigenvalue weighted by Gasteiger charge is 2.40. The van der Waals surface area contributed by atoms with Gasteiger partial charge in [-0.15, -0.1) is 0 Å². The third kappa shape index (κ3) is 3.82. The van der Waals surface area contributed by atoms with E-state index in [0.717, 1.165) is 6.07 Å². The average molecular weight is 339 g/mol. The number of alkyl halides is 3. The van der Waals surface area contributed by atoms with Crippen LogP contribution in [0, 0.1) is 27.4 Å². The maximum atomic E-state index is 12.3. The van der Waals surface area contributed by atoms with Gasteiger partial charge in [-0.25, -0.2) is 0 Å². The van der Waals surface area contributed by atoms with Gasteiger partial charge in [-0.05, 0) is 22.0 Å². The van der Waals surface area contributed by atoms with Crippen molar-refractivity contribution in [2.24, 2.45) is 5.92 Å². The van der Waals surface area contributed by atoms with Gasteiger partial charge in [-0.3, -0.25) is 10.1 Å². The number of ether oxygens (including phenoxy) is 1. The van der Waals surface area contributed by atoms with Gasteiger partial charge in [-0.2, -0.15) is 18.4 Å². The Morgan fingerprint density at radius 2 is 2.16 bits per heavy atom. The third-order valence-electron chi connectivity index (χ3n) is 2.10. The summed E-state index contributed by atoms with van der Waals surface area (Å²) in [5.74, 6) is -2.42. The Morgan fingerprint density at radius 1 is 1.53 bits per heavy atom. The molecule has 1 aromatic carbocycles. The largest absolute Gasteiger partial charge is 0.490 e. The minimum atomic E-state index is -4.71. The van der Waals surface area contributed by atoms with Gasteiger partial charge in [0.25, 0.3) is 5.69 Å². The number of nitro groups is 1. The second-order valence-corrected chi connectivity index (χ2v) is 4.17. The lowest BCUT2D eigenvalue weighted by molar-refractivity contribution is -0.385. The van der Waals surface area contributed by atoms with E-state index >= 15 is 0 Å². The normalized spacial score (nSPS) is 12.6. The first-order valence-electron chi connectivity index (χ1n) is 4.79. The summed E-state index contributed by atoms with van der Waals surface area (Å²) in [7, 11) is 0. The molecule has 0 aliphatic heterocycles. The highest BCUT2D eigenvalue weighted by atomic mass is 79.9. The van der Waals surface area contributed by atoms with Gasteiger partial charge >= 0.3 is 6.18 Å². The van der Waals surface area contributed by atoms with Gasteiger partial charge < -0.3 is 4.74 Å². The van der Waals surface area contributed by atoms with Gasteiger partial charge in [0.05, 0.1) is 11.0 Å². The molecule has 0 radical (unpaired) electrons. The molecule has 0 saturated carbocycles. The Hall–Kier alpha value is -1.82. The topological polar surface area (TPSA) is 76.2 Å². The summed E-state index contributed by atoms with van der Waals surface area (Å²) >= 11 is 2.87. The second kappa shape index (κ2) is 5.88. The quantitative estimate of drug-likeness (QED) is 0.622. The average Bonchev–Trinajstić information content (AvgIpc) is 2.29. The second-order valence-electron chi connectivity index (χ2n) is 3.38. The van der Waals surface area contributed by atoms with Crippen LogP contribution in [0.25, 0.3) is 0 Å². The van der Waals surface area contributed by atoms with Crippen LogP contribution in [-0.4, -0.2) is 17.7 Å². The van der Waals surface area contributed by atoms with E-state index < -0.39 is 23.6 Å². The number of hydrogen-bond acceptors (Lipinski definition) is 4. The van der Waals surface area contributed by atoms with Crippen molar-refractivity contribution in [1.82, 2.24) is 0 Å². The van der Waals surface area contributed by atoms with Crippen LogP contribution < -0.4 is 4.74 Å². The molecule has 19 heavy (non-hydrogen) atoms. The predicted molar refractivity (Wildman–Crippen MR) is 61.4 cm³/mol. The molecule has 0 fully saturated rings. The lowest BCUT2D eigenvalue weighted by atomic mass is 10.2. The fourth-order valence-electron chi connectivity index (χ4n) is 1.13. The van der Waals surface area contributed by atoms with Crippen LogP contribution in [-0.2, 0) is 0 Å². The third-order valence-corrected chi connectivity index (χ3v) is 2.89. The predicted octanol–water partition coefficient (Wildman–Crippen LogP) is 3.44. The molecule has 1 atom stereocenters. The first-order chi connectivity index (χ1) is 8.77. The van der Waals surface area contributed by atoms with Crippen LogP contribution in [0.3, 0.4) is 0 Å². The van der Waals surface area contributed by atoms with Crippen LogP contribution in [0.5, 0.6) is 5.75 Å². The molecule has 0 amide bonds. The van der Waals surface area contributed by atoms with Crippen molar-refractivity contribution in [1.29, 1.82) is 5.26 Å². The van der Waals surface area contributed by atoms with E-state index in [2.05, 4.69) is 15.9 Å². The summed E-state index contributed by atoms with van der Waals surface area (Å²) in [4.78, 5) is 9.91.